The van der Waals surface area contributed by atoms with Crippen LogP contribution in [0.4, 0.5) is 0 Å². The van der Waals surface area contributed by atoms with Gasteiger partial charge in [-0.1, -0.05) is 0 Å². The average molecular weight is 286 g/mol. The lowest BCUT2D eigenvalue weighted by atomic mass is 10.1. The van der Waals surface area contributed by atoms with Gasteiger partial charge in [-0.3, -0.25) is 4.79 Å². The van der Waals surface area contributed by atoms with Gasteiger partial charge in [0.1, 0.15) is 5.75 Å². The zero-order valence-corrected chi connectivity index (χ0v) is 12.6. The van der Waals surface area contributed by atoms with Gasteiger partial charge in [0, 0.05) is 22.5 Å². The second kappa shape index (κ2) is 5.91. The van der Waals surface area contributed by atoms with Crippen LogP contribution in [0.3, 0.4) is 0 Å². The molecule has 1 N–H and O–H groups in total. The number of hydrogen-bond acceptors (Lipinski definition) is 4. The minimum atomic E-state index is -0.877. The SMILES string of the molecule is COc1ccc(-c2nc(C)c(CC(=O)O)c(C)n2)cc1C. The molecule has 1 aromatic carbocycles. The molecule has 0 bridgehead atoms. The molecule has 1 heterocycles. The molecule has 5 nitrogen and oxygen atoms in total. The standard InChI is InChI=1S/C16H18N2O3/c1-9-7-12(5-6-14(9)21-4)16-17-10(2)13(8-15(19)20)11(3)18-16/h5-7H,8H2,1-4H3,(H,19,20). The van der Waals surface area contributed by atoms with Crippen LogP contribution < -0.4 is 4.74 Å². The number of rotatable bonds is 4. The molecular formula is C16H18N2O3. The van der Waals surface area contributed by atoms with Crippen molar-refractivity contribution < 1.29 is 14.6 Å². The normalized spacial score (nSPS) is 10.5. The van der Waals surface area contributed by atoms with Crippen molar-refractivity contribution in [3.63, 3.8) is 0 Å². The third kappa shape index (κ3) is 3.18. The molecule has 0 amide bonds. The molecule has 110 valence electrons. The van der Waals surface area contributed by atoms with E-state index in [2.05, 4.69) is 9.97 Å². The Morgan fingerprint density at radius 2 is 1.81 bits per heavy atom. The first kappa shape index (κ1) is 15.0. The first-order valence-electron chi connectivity index (χ1n) is 6.63. The predicted molar refractivity (Wildman–Crippen MR) is 79.6 cm³/mol. The molecule has 2 aromatic rings. The van der Waals surface area contributed by atoms with Crippen LogP contribution >= 0.6 is 0 Å². The van der Waals surface area contributed by atoms with Crippen LogP contribution in [0.15, 0.2) is 18.2 Å². The number of ether oxygens (including phenoxy) is 1. The summed E-state index contributed by atoms with van der Waals surface area (Å²) >= 11 is 0. The Balaban J connectivity index is 2.46. The van der Waals surface area contributed by atoms with E-state index in [1.54, 1.807) is 7.11 Å². The largest absolute Gasteiger partial charge is 0.496 e. The summed E-state index contributed by atoms with van der Waals surface area (Å²) < 4.78 is 5.24. The molecule has 0 fully saturated rings. The van der Waals surface area contributed by atoms with Gasteiger partial charge in [-0.05, 0) is 44.5 Å². The lowest BCUT2D eigenvalue weighted by Crippen LogP contribution is -2.08. The molecular weight excluding hydrogens is 268 g/mol. The van der Waals surface area contributed by atoms with Crippen molar-refractivity contribution in [2.45, 2.75) is 27.2 Å². The van der Waals surface area contributed by atoms with Crippen molar-refractivity contribution >= 4 is 5.97 Å². The topological polar surface area (TPSA) is 72.3 Å². The summed E-state index contributed by atoms with van der Waals surface area (Å²) in [6, 6.07) is 5.74. The number of aliphatic carboxylic acids is 1. The Morgan fingerprint density at radius 3 is 2.29 bits per heavy atom. The summed E-state index contributed by atoms with van der Waals surface area (Å²) in [5, 5.41) is 8.93. The maximum Gasteiger partial charge on any atom is 0.307 e. The Morgan fingerprint density at radius 1 is 1.19 bits per heavy atom. The van der Waals surface area contributed by atoms with E-state index in [9.17, 15) is 4.79 Å². The van der Waals surface area contributed by atoms with Crippen LogP contribution in [0.2, 0.25) is 0 Å². The molecule has 0 saturated heterocycles. The van der Waals surface area contributed by atoms with Crippen molar-refractivity contribution in [1.82, 2.24) is 9.97 Å². The first-order chi connectivity index (χ1) is 9.92. The van der Waals surface area contributed by atoms with E-state index in [0.717, 1.165) is 16.9 Å². The zero-order valence-electron chi connectivity index (χ0n) is 12.6. The summed E-state index contributed by atoms with van der Waals surface area (Å²) in [5.74, 6) is 0.539. The fraction of sp³-hybridized carbons (Fsp3) is 0.312. The number of aromatic nitrogens is 2. The highest BCUT2D eigenvalue weighted by Crippen LogP contribution is 2.25. The molecule has 0 atom stereocenters. The van der Waals surface area contributed by atoms with Crippen LogP contribution in [-0.4, -0.2) is 28.2 Å². The highest BCUT2D eigenvalue weighted by atomic mass is 16.5. The number of methoxy groups -OCH3 is 1. The smallest absolute Gasteiger partial charge is 0.307 e. The number of aryl methyl sites for hydroxylation is 3. The van der Waals surface area contributed by atoms with E-state index in [-0.39, 0.29) is 6.42 Å². The summed E-state index contributed by atoms with van der Waals surface area (Å²) in [6.07, 6.45) is -0.0560. The quantitative estimate of drug-likeness (QED) is 0.935. The van der Waals surface area contributed by atoms with Gasteiger partial charge in [-0.25, -0.2) is 9.97 Å². The summed E-state index contributed by atoms with van der Waals surface area (Å²) in [4.78, 5) is 19.8. The Labute approximate surface area is 123 Å². The molecule has 0 aliphatic heterocycles. The van der Waals surface area contributed by atoms with Crippen LogP contribution in [0, 0.1) is 20.8 Å². The predicted octanol–water partition coefficient (Wildman–Crippen LogP) is 2.70. The van der Waals surface area contributed by atoms with E-state index >= 15 is 0 Å². The molecule has 0 aliphatic rings. The van der Waals surface area contributed by atoms with Gasteiger partial charge in [0.2, 0.25) is 0 Å². The molecule has 0 saturated carbocycles. The lowest BCUT2D eigenvalue weighted by molar-refractivity contribution is -0.136. The van der Waals surface area contributed by atoms with Gasteiger partial charge in [0.15, 0.2) is 5.82 Å². The molecule has 5 heteroatoms. The van der Waals surface area contributed by atoms with Gasteiger partial charge in [0.05, 0.1) is 13.5 Å². The van der Waals surface area contributed by atoms with Crippen LogP contribution in [0.5, 0.6) is 5.75 Å². The summed E-state index contributed by atoms with van der Waals surface area (Å²) in [6.45, 7) is 5.58. The molecule has 0 spiro atoms. The van der Waals surface area contributed by atoms with Gasteiger partial charge in [-0.15, -0.1) is 0 Å². The van der Waals surface area contributed by atoms with E-state index in [1.807, 2.05) is 39.0 Å². The van der Waals surface area contributed by atoms with Crippen molar-refractivity contribution in [3.05, 3.63) is 40.7 Å². The van der Waals surface area contributed by atoms with Crippen LogP contribution in [0.25, 0.3) is 11.4 Å². The summed E-state index contributed by atoms with van der Waals surface area (Å²) in [5.41, 5.74) is 3.98. The van der Waals surface area contributed by atoms with E-state index < -0.39 is 5.97 Å². The Hall–Kier alpha value is -2.43. The fourth-order valence-corrected chi connectivity index (χ4v) is 2.29. The second-order valence-corrected chi connectivity index (χ2v) is 4.95. The molecule has 1 aromatic heterocycles. The van der Waals surface area contributed by atoms with Gasteiger partial charge < -0.3 is 9.84 Å². The summed E-state index contributed by atoms with van der Waals surface area (Å²) in [7, 11) is 1.63. The van der Waals surface area contributed by atoms with E-state index in [4.69, 9.17) is 9.84 Å². The second-order valence-electron chi connectivity index (χ2n) is 4.95. The lowest BCUT2D eigenvalue weighted by Gasteiger charge is -2.11. The molecule has 0 unspecified atom stereocenters. The van der Waals surface area contributed by atoms with Crippen molar-refractivity contribution in [3.8, 4) is 17.1 Å². The van der Waals surface area contributed by atoms with Crippen molar-refractivity contribution in [1.29, 1.82) is 0 Å². The van der Waals surface area contributed by atoms with Crippen LogP contribution in [0.1, 0.15) is 22.5 Å². The van der Waals surface area contributed by atoms with E-state index in [0.29, 0.717) is 22.8 Å². The van der Waals surface area contributed by atoms with Crippen molar-refractivity contribution in [2.24, 2.45) is 0 Å². The minimum Gasteiger partial charge on any atom is -0.496 e. The highest BCUT2D eigenvalue weighted by molar-refractivity contribution is 5.71. The number of carboxylic acids is 1. The Bertz CT molecular complexity index is 673. The Kier molecular flexibility index (Phi) is 4.21. The molecule has 2 rings (SSSR count). The third-order valence-corrected chi connectivity index (χ3v) is 3.40. The van der Waals surface area contributed by atoms with Crippen molar-refractivity contribution in [2.75, 3.05) is 7.11 Å². The zero-order chi connectivity index (χ0) is 15.6. The number of nitrogens with zero attached hydrogens (tertiary/aromatic N) is 2. The average Bonchev–Trinajstić information content (AvgIpc) is 2.42. The first-order valence-corrected chi connectivity index (χ1v) is 6.63. The number of hydrogen-bond donors (Lipinski definition) is 1. The fourth-order valence-electron chi connectivity index (χ4n) is 2.29. The van der Waals surface area contributed by atoms with Gasteiger partial charge in [0.25, 0.3) is 0 Å². The van der Waals surface area contributed by atoms with Gasteiger partial charge >= 0.3 is 5.97 Å². The monoisotopic (exact) mass is 286 g/mol. The maximum absolute atomic E-state index is 10.9. The van der Waals surface area contributed by atoms with Crippen LogP contribution in [-0.2, 0) is 11.2 Å². The number of benzene rings is 1. The minimum absolute atomic E-state index is 0.0560. The maximum atomic E-state index is 10.9. The number of carboxylic acid groups (broad SMARTS) is 1. The molecule has 21 heavy (non-hydrogen) atoms. The highest BCUT2D eigenvalue weighted by Gasteiger charge is 2.13. The number of carbonyl (C=O) groups is 1. The third-order valence-electron chi connectivity index (χ3n) is 3.40. The van der Waals surface area contributed by atoms with Gasteiger partial charge in [-0.2, -0.15) is 0 Å². The molecule has 0 aliphatic carbocycles. The molecule has 0 radical (unpaired) electrons. The van der Waals surface area contributed by atoms with E-state index in [1.165, 1.54) is 0 Å².